The van der Waals surface area contributed by atoms with E-state index in [-0.39, 0.29) is 0 Å². The first-order valence-corrected chi connectivity index (χ1v) is 5.71. The van der Waals surface area contributed by atoms with Crippen molar-refractivity contribution in [2.45, 2.75) is 41.9 Å². The number of halogens is 2. The molecule has 0 aromatic rings. The number of unbranched alkanes of at least 4 members (excludes halogenated alkanes) is 3. The van der Waals surface area contributed by atoms with Gasteiger partial charge in [-0.15, -0.1) is 0 Å². The average molecular weight is 305 g/mol. The van der Waals surface area contributed by atoms with E-state index in [1.54, 1.807) is 0 Å². The van der Waals surface area contributed by atoms with Crippen molar-refractivity contribution in [1.82, 2.24) is 0 Å². The monoisotopic (exact) mass is 304 g/mol. The van der Waals surface area contributed by atoms with Crippen LogP contribution >= 0.6 is 38.5 Å². The quantitative estimate of drug-likeness (QED) is 0.407. The van der Waals surface area contributed by atoms with E-state index in [1.165, 1.54) is 32.1 Å². The Bertz CT molecular complexity index is 54.9. The van der Waals surface area contributed by atoms with E-state index in [0.29, 0.717) is 2.83 Å². The van der Waals surface area contributed by atoms with Crippen LogP contribution in [0.5, 0.6) is 0 Å². The third-order valence-corrected chi connectivity index (χ3v) is 2.36. The zero-order chi connectivity index (χ0) is 7.11. The molecule has 0 nitrogen and oxygen atoms in total. The fraction of sp³-hybridized carbons (Fsp3) is 1.00. The summed E-state index contributed by atoms with van der Waals surface area (Å²) >= 11 is 5.92. The Morgan fingerprint density at radius 2 is 2.00 bits per heavy atom. The Morgan fingerprint density at radius 1 is 1.33 bits per heavy atom. The van der Waals surface area contributed by atoms with Crippen LogP contribution in [-0.2, 0) is 0 Å². The molecule has 1 unspecified atom stereocenters. The van der Waals surface area contributed by atoms with Crippen molar-refractivity contribution < 1.29 is 0 Å². The summed E-state index contributed by atoms with van der Waals surface area (Å²) in [6.07, 6.45) is 6.85. The first-order valence-electron chi connectivity index (χ1n) is 3.55. The van der Waals surface area contributed by atoms with E-state index in [1.807, 2.05) is 0 Å². The molecule has 0 aromatic carbocycles. The minimum Gasteiger partial charge on any atom is -0.0775 e. The minimum atomic E-state index is 0.687. The predicted molar refractivity (Wildman–Crippen MR) is 55.5 cm³/mol. The van der Waals surface area contributed by atoms with E-state index >= 15 is 0 Å². The lowest BCUT2D eigenvalue weighted by Gasteiger charge is -1.99. The van der Waals surface area contributed by atoms with Gasteiger partial charge in [0.25, 0.3) is 0 Å². The Hall–Kier alpha value is 1.21. The van der Waals surface area contributed by atoms with E-state index in [9.17, 15) is 0 Å². The van der Waals surface area contributed by atoms with Gasteiger partial charge in [0, 0.05) is 0 Å². The van der Waals surface area contributed by atoms with Gasteiger partial charge in [-0.3, -0.25) is 0 Å². The Kier molecular flexibility index (Phi) is 8.30. The van der Waals surface area contributed by atoms with Gasteiger partial charge < -0.3 is 0 Å². The molecule has 2 heteroatoms. The van der Waals surface area contributed by atoms with Gasteiger partial charge in [-0.2, -0.15) is 0 Å². The standard InChI is InChI=1S/C7H14BrI/c1-2-3-4-5-6-7(8)9/h7H,2-6H2,1H3. The Labute approximate surface area is 80.1 Å². The molecule has 0 aliphatic carbocycles. The average Bonchev–Trinajstić information content (AvgIpc) is 1.80. The normalized spacial score (nSPS) is 13.7. The highest BCUT2D eigenvalue weighted by Gasteiger charge is 1.95. The zero-order valence-electron chi connectivity index (χ0n) is 5.87. The van der Waals surface area contributed by atoms with Crippen LogP contribution in [0.1, 0.15) is 39.0 Å². The van der Waals surface area contributed by atoms with Crippen molar-refractivity contribution in [2.24, 2.45) is 0 Å². The molecule has 0 N–H and O–H groups in total. The third kappa shape index (κ3) is 9.21. The molecule has 0 saturated carbocycles. The van der Waals surface area contributed by atoms with Gasteiger partial charge in [0.15, 0.2) is 0 Å². The zero-order valence-corrected chi connectivity index (χ0v) is 9.61. The van der Waals surface area contributed by atoms with Crippen LogP contribution in [0.3, 0.4) is 0 Å². The maximum atomic E-state index is 3.51. The second kappa shape index (κ2) is 7.32. The maximum absolute atomic E-state index is 3.51. The number of hydrogen-bond acceptors (Lipinski definition) is 0. The summed E-state index contributed by atoms with van der Waals surface area (Å²) in [6, 6.07) is 0. The summed E-state index contributed by atoms with van der Waals surface area (Å²) in [4.78, 5) is 0. The minimum absolute atomic E-state index is 0.687. The molecule has 0 spiro atoms. The fourth-order valence-electron chi connectivity index (χ4n) is 0.725. The molecule has 9 heavy (non-hydrogen) atoms. The second-order valence-corrected chi connectivity index (χ2v) is 6.56. The maximum Gasteiger partial charge on any atom is 0.0662 e. The highest BCUT2D eigenvalue weighted by Crippen LogP contribution is 2.17. The van der Waals surface area contributed by atoms with Crippen LogP contribution in [0.2, 0.25) is 0 Å². The third-order valence-electron chi connectivity index (χ3n) is 1.28. The Balaban J connectivity index is 2.75. The smallest absolute Gasteiger partial charge is 0.0662 e. The van der Waals surface area contributed by atoms with Gasteiger partial charge in [-0.1, -0.05) is 71.1 Å². The molecule has 0 amide bonds. The van der Waals surface area contributed by atoms with Gasteiger partial charge in [0.1, 0.15) is 0 Å². The number of alkyl halides is 2. The van der Waals surface area contributed by atoms with Crippen molar-refractivity contribution >= 4 is 38.5 Å². The molecule has 0 fully saturated rings. The van der Waals surface area contributed by atoms with Crippen molar-refractivity contribution in [3.8, 4) is 0 Å². The van der Waals surface area contributed by atoms with Crippen molar-refractivity contribution in [3.05, 3.63) is 0 Å². The van der Waals surface area contributed by atoms with Crippen molar-refractivity contribution in [2.75, 3.05) is 0 Å². The lowest BCUT2D eigenvalue weighted by Crippen LogP contribution is -1.84. The van der Waals surface area contributed by atoms with Crippen molar-refractivity contribution in [1.29, 1.82) is 0 Å². The van der Waals surface area contributed by atoms with E-state index in [2.05, 4.69) is 45.4 Å². The fourth-order valence-corrected chi connectivity index (χ4v) is 1.49. The molecule has 0 heterocycles. The molecular weight excluding hydrogens is 291 g/mol. The van der Waals surface area contributed by atoms with Crippen LogP contribution in [0.25, 0.3) is 0 Å². The first kappa shape index (κ1) is 10.2. The Morgan fingerprint density at radius 3 is 2.44 bits per heavy atom. The van der Waals surface area contributed by atoms with Crippen LogP contribution in [0.4, 0.5) is 0 Å². The van der Waals surface area contributed by atoms with Gasteiger partial charge in [-0.05, 0) is 6.42 Å². The predicted octanol–water partition coefficient (Wildman–Crippen LogP) is 4.11. The summed E-state index contributed by atoms with van der Waals surface area (Å²) in [5.74, 6) is 0. The number of rotatable bonds is 5. The van der Waals surface area contributed by atoms with Crippen LogP contribution in [0, 0.1) is 0 Å². The second-order valence-electron chi connectivity index (χ2n) is 2.24. The molecule has 0 radical (unpaired) electrons. The van der Waals surface area contributed by atoms with Gasteiger partial charge in [-0.25, -0.2) is 0 Å². The largest absolute Gasteiger partial charge is 0.0775 e. The molecule has 0 bridgehead atoms. The van der Waals surface area contributed by atoms with Crippen molar-refractivity contribution in [3.63, 3.8) is 0 Å². The summed E-state index contributed by atoms with van der Waals surface area (Å²) in [7, 11) is 0. The molecule has 56 valence electrons. The van der Waals surface area contributed by atoms with Crippen LogP contribution < -0.4 is 0 Å². The topological polar surface area (TPSA) is 0 Å². The molecule has 1 atom stereocenters. The highest BCUT2D eigenvalue weighted by atomic mass is 127. The van der Waals surface area contributed by atoms with E-state index < -0.39 is 0 Å². The van der Waals surface area contributed by atoms with Gasteiger partial charge >= 0.3 is 0 Å². The van der Waals surface area contributed by atoms with E-state index in [0.717, 1.165) is 0 Å². The van der Waals surface area contributed by atoms with Gasteiger partial charge in [0.05, 0.1) is 2.83 Å². The molecule has 0 aromatic heterocycles. The summed E-state index contributed by atoms with van der Waals surface area (Å²) in [6.45, 7) is 2.25. The van der Waals surface area contributed by atoms with Crippen LogP contribution in [0.15, 0.2) is 0 Å². The summed E-state index contributed by atoms with van der Waals surface area (Å²) < 4.78 is 0.687. The lowest BCUT2D eigenvalue weighted by molar-refractivity contribution is 0.657. The first-order chi connectivity index (χ1) is 4.27. The molecule has 0 rings (SSSR count). The molecule has 0 aliphatic heterocycles. The summed E-state index contributed by atoms with van der Waals surface area (Å²) in [5.41, 5.74) is 0. The van der Waals surface area contributed by atoms with E-state index in [4.69, 9.17) is 0 Å². The molecule has 0 aliphatic rings. The molecule has 0 saturated heterocycles. The van der Waals surface area contributed by atoms with Crippen LogP contribution in [-0.4, -0.2) is 2.83 Å². The number of hydrogen-bond donors (Lipinski definition) is 0. The lowest BCUT2D eigenvalue weighted by atomic mass is 10.2. The highest BCUT2D eigenvalue weighted by molar-refractivity contribution is 14.1. The summed E-state index contributed by atoms with van der Waals surface area (Å²) in [5, 5.41) is 0. The SMILES string of the molecule is CCCCCCC(Br)I. The molecular formula is C7H14BrI. The van der Waals surface area contributed by atoms with Gasteiger partial charge in [0.2, 0.25) is 0 Å².